The van der Waals surface area contributed by atoms with Crippen molar-refractivity contribution in [3.8, 4) is 10.6 Å². The van der Waals surface area contributed by atoms with Gasteiger partial charge in [0.05, 0.1) is 17.9 Å². The van der Waals surface area contributed by atoms with Crippen LogP contribution in [0.15, 0.2) is 54.6 Å². The Labute approximate surface area is 154 Å². The lowest BCUT2D eigenvalue weighted by Crippen LogP contribution is -2.18. The van der Waals surface area contributed by atoms with Crippen molar-refractivity contribution in [3.63, 3.8) is 0 Å². The molecular weight excluding hydrogens is 352 g/mol. The van der Waals surface area contributed by atoms with E-state index in [1.165, 1.54) is 11.3 Å². The number of carbonyl (C=O) groups is 2. The van der Waals surface area contributed by atoms with Crippen molar-refractivity contribution in [2.45, 2.75) is 6.92 Å². The Bertz CT molecular complexity index is 912. The molecule has 1 heterocycles. The third-order valence-electron chi connectivity index (χ3n) is 3.35. The summed E-state index contributed by atoms with van der Waals surface area (Å²) in [6, 6.07) is 16.2. The van der Waals surface area contributed by atoms with E-state index in [0.29, 0.717) is 21.4 Å². The summed E-state index contributed by atoms with van der Waals surface area (Å²) < 4.78 is 4.85. The SMILES string of the molecule is CCOC(=O)Nc1ccccc1C(=O)Nc1nnc(-c2ccccc2)s1. The van der Waals surface area contributed by atoms with Crippen LogP contribution < -0.4 is 10.6 Å². The first-order chi connectivity index (χ1) is 12.7. The standard InChI is InChI=1S/C18H16N4O3S/c1-2-25-18(24)19-14-11-7-6-10-13(14)15(23)20-17-22-21-16(26-17)12-8-4-3-5-9-12/h3-11H,2H2,1H3,(H,19,24)(H,20,22,23). The van der Waals surface area contributed by atoms with Gasteiger partial charge in [0.1, 0.15) is 5.01 Å². The molecule has 0 aliphatic heterocycles. The zero-order valence-electron chi connectivity index (χ0n) is 13.9. The number of anilines is 2. The number of hydrogen-bond acceptors (Lipinski definition) is 6. The number of nitrogens with zero attached hydrogens (tertiary/aromatic N) is 2. The molecule has 3 aromatic rings. The first-order valence-corrected chi connectivity index (χ1v) is 8.72. The van der Waals surface area contributed by atoms with Gasteiger partial charge in [-0.15, -0.1) is 10.2 Å². The molecule has 3 rings (SSSR count). The van der Waals surface area contributed by atoms with Crippen LogP contribution in [0.25, 0.3) is 10.6 Å². The molecule has 2 N–H and O–H groups in total. The molecule has 0 saturated heterocycles. The Hall–Kier alpha value is -3.26. The van der Waals surface area contributed by atoms with Gasteiger partial charge in [0.25, 0.3) is 5.91 Å². The van der Waals surface area contributed by atoms with Crippen molar-refractivity contribution < 1.29 is 14.3 Å². The van der Waals surface area contributed by atoms with E-state index in [1.54, 1.807) is 31.2 Å². The lowest BCUT2D eigenvalue weighted by molar-refractivity contribution is 0.102. The average Bonchev–Trinajstić information content (AvgIpc) is 3.11. The number of benzene rings is 2. The average molecular weight is 368 g/mol. The molecule has 8 heteroatoms. The molecule has 0 saturated carbocycles. The molecule has 2 aromatic carbocycles. The quantitative estimate of drug-likeness (QED) is 0.709. The summed E-state index contributed by atoms with van der Waals surface area (Å²) in [5.74, 6) is -0.395. The summed E-state index contributed by atoms with van der Waals surface area (Å²) >= 11 is 1.27. The van der Waals surface area contributed by atoms with Crippen molar-refractivity contribution in [2.75, 3.05) is 17.2 Å². The van der Waals surface area contributed by atoms with Gasteiger partial charge in [-0.3, -0.25) is 15.4 Å². The van der Waals surface area contributed by atoms with E-state index in [2.05, 4.69) is 20.8 Å². The molecule has 26 heavy (non-hydrogen) atoms. The maximum atomic E-state index is 12.6. The van der Waals surface area contributed by atoms with Crippen LogP contribution in [0.5, 0.6) is 0 Å². The van der Waals surface area contributed by atoms with E-state index >= 15 is 0 Å². The molecule has 0 spiro atoms. The molecule has 0 aliphatic rings. The van der Waals surface area contributed by atoms with Crippen molar-refractivity contribution in [1.29, 1.82) is 0 Å². The number of para-hydroxylation sites is 1. The van der Waals surface area contributed by atoms with Crippen LogP contribution in [0.4, 0.5) is 15.6 Å². The highest BCUT2D eigenvalue weighted by molar-refractivity contribution is 7.18. The Morgan fingerprint density at radius 2 is 1.73 bits per heavy atom. The monoisotopic (exact) mass is 368 g/mol. The van der Waals surface area contributed by atoms with Gasteiger partial charge in [0.15, 0.2) is 0 Å². The van der Waals surface area contributed by atoms with Gasteiger partial charge < -0.3 is 4.74 Å². The minimum absolute atomic E-state index is 0.243. The summed E-state index contributed by atoms with van der Waals surface area (Å²) in [6.45, 7) is 1.95. The highest BCUT2D eigenvalue weighted by Crippen LogP contribution is 2.26. The second kappa shape index (κ2) is 8.21. The van der Waals surface area contributed by atoms with E-state index < -0.39 is 12.0 Å². The predicted octanol–water partition coefficient (Wildman–Crippen LogP) is 4.03. The second-order valence-electron chi connectivity index (χ2n) is 5.12. The van der Waals surface area contributed by atoms with Gasteiger partial charge in [0.2, 0.25) is 5.13 Å². The molecule has 2 amide bonds. The Morgan fingerprint density at radius 3 is 2.50 bits per heavy atom. The van der Waals surface area contributed by atoms with E-state index in [9.17, 15) is 9.59 Å². The summed E-state index contributed by atoms with van der Waals surface area (Å²) in [5.41, 5.74) is 1.59. The molecule has 1 aromatic heterocycles. The molecule has 132 valence electrons. The number of amides is 2. The zero-order valence-corrected chi connectivity index (χ0v) is 14.7. The molecule has 0 aliphatic carbocycles. The number of aromatic nitrogens is 2. The Morgan fingerprint density at radius 1 is 1.00 bits per heavy atom. The van der Waals surface area contributed by atoms with E-state index in [0.717, 1.165) is 5.56 Å². The third kappa shape index (κ3) is 4.22. The van der Waals surface area contributed by atoms with Crippen LogP contribution in [0, 0.1) is 0 Å². The number of rotatable bonds is 5. The van der Waals surface area contributed by atoms with Gasteiger partial charge >= 0.3 is 6.09 Å². The normalized spacial score (nSPS) is 10.2. The van der Waals surface area contributed by atoms with Crippen LogP contribution in [-0.4, -0.2) is 28.8 Å². The van der Waals surface area contributed by atoms with Crippen molar-refractivity contribution in [2.24, 2.45) is 0 Å². The summed E-state index contributed by atoms with van der Waals surface area (Å²) in [7, 11) is 0. The highest BCUT2D eigenvalue weighted by atomic mass is 32.1. The fourth-order valence-electron chi connectivity index (χ4n) is 2.20. The number of nitrogens with one attached hydrogen (secondary N) is 2. The molecule has 0 atom stereocenters. The second-order valence-corrected chi connectivity index (χ2v) is 6.10. The lowest BCUT2D eigenvalue weighted by atomic mass is 10.1. The minimum atomic E-state index is -0.616. The van der Waals surface area contributed by atoms with E-state index in [1.807, 2.05) is 30.3 Å². The third-order valence-corrected chi connectivity index (χ3v) is 4.24. The van der Waals surface area contributed by atoms with Crippen LogP contribution in [0.2, 0.25) is 0 Å². The number of ether oxygens (including phenoxy) is 1. The number of hydrogen-bond donors (Lipinski definition) is 2. The van der Waals surface area contributed by atoms with Gasteiger partial charge in [-0.05, 0) is 19.1 Å². The largest absolute Gasteiger partial charge is 0.450 e. The lowest BCUT2D eigenvalue weighted by Gasteiger charge is -2.10. The Balaban J connectivity index is 1.75. The van der Waals surface area contributed by atoms with Crippen LogP contribution in [0.1, 0.15) is 17.3 Å². The molecule has 0 fully saturated rings. The summed E-state index contributed by atoms with van der Waals surface area (Å²) in [5, 5.41) is 14.4. The van der Waals surface area contributed by atoms with Gasteiger partial charge in [-0.2, -0.15) is 0 Å². The molecule has 0 unspecified atom stereocenters. The highest BCUT2D eigenvalue weighted by Gasteiger charge is 2.16. The van der Waals surface area contributed by atoms with Gasteiger partial charge in [0, 0.05) is 5.56 Å². The maximum absolute atomic E-state index is 12.6. The molecule has 0 radical (unpaired) electrons. The zero-order chi connectivity index (χ0) is 18.4. The topological polar surface area (TPSA) is 93.2 Å². The summed E-state index contributed by atoms with van der Waals surface area (Å²) in [6.07, 6.45) is -0.616. The van der Waals surface area contributed by atoms with Crippen molar-refractivity contribution in [1.82, 2.24) is 10.2 Å². The summed E-state index contributed by atoms with van der Waals surface area (Å²) in [4.78, 5) is 24.2. The molecule has 0 bridgehead atoms. The number of carbonyl (C=O) groups excluding carboxylic acids is 2. The van der Waals surface area contributed by atoms with Crippen LogP contribution in [0.3, 0.4) is 0 Å². The molecule has 7 nitrogen and oxygen atoms in total. The van der Waals surface area contributed by atoms with Gasteiger partial charge in [-0.25, -0.2) is 4.79 Å². The maximum Gasteiger partial charge on any atom is 0.411 e. The van der Waals surface area contributed by atoms with Crippen molar-refractivity contribution in [3.05, 3.63) is 60.2 Å². The van der Waals surface area contributed by atoms with E-state index in [4.69, 9.17) is 4.74 Å². The molecular formula is C18H16N4O3S. The van der Waals surface area contributed by atoms with E-state index in [-0.39, 0.29) is 6.61 Å². The Kier molecular flexibility index (Phi) is 5.55. The fraction of sp³-hybridized carbons (Fsp3) is 0.111. The van der Waals surface area contributed by atoms with Gasteiger partial charge in [-0.1, -0.05) is 53.8 Å². The first-order valence-electron chi connectivity index (χ1n) is 7.90. The minimum Gasteiger partial charge on any atom is -0.450 e. The fourth-order valence-corrected chi connectivity index (χ4v) is 2.95. The smallest absolute Gasteiger partial charge is 0.411 e. The predicted molar refractivity (Wildman–Crippen MR) is 100 cm³/mol. The van der Waals surface area contributed by atoms with Crippen LogP contribution >= 0.6 is 11.3 Å². The van der Waals surface area contributed by atoms with Crippen molar-refractivity contribution >= 4 is 34.2 Å². The first kappa shape index (κ1) is 17.6. The van der Waals surface area contributed by atoms with Crippen LogP contribution in [-0.2, 0) is 4.74 Å².